The highest BCUT2D eigenvalue weighted by molar-refractivity contribution is 5.60. The van der Waals surface area contributed by atoms with Gasteiger partial charge in [0.2, 0.25) is 0 Å². The first-order valence-electron chi connectivity index (χ1n) is 10.3. The topological polar surface area (TPSA) is 46.8 Å². The minimum absolute atomic E-state index is 0.448. The molecule has 0 unspecified atom stereocenters. The summed E-state index contributed by atoms with van der Waals surface area (Å²) in [5.41, 5.74) is 5.20. The number of aromatic nitrogens is 4. The molecular formula is C22H33N5. The van der Waals surface area contributed by atoms with Gasteiger partial charge in [0.15, 0.2) is 0 Å². The van der Waals surface area contributed by atoms with Crippen molar-refractivity contribution in [2.75, 3.05) is 19.6 Å². The van der Waals surface area contributed by atoms with Crippen molar-refractivity contribution in [3.05, 3.63) is 29.7 Å². The van der Waals surface area contributed by atoms with Gasteiger partial charge in [-0.1, -0.05) is 20.8 Å². The Balaban J connectivity index is 1.25. The normalized spacial score (nSPS) is 19.9. The highest BCUT2D eigenvalue weighted by Crippen LogP contribution is 2.52. The van der Waals surface area contributed by atoms with Crippen LogP contribution in [0.4, 0.5) is 0 Å². The van der Waals surface area contributed by atoms with Gasteiger partial charge >= 0.3 is 0 Å². The highest BCUT2D eigenvalue weighted by Gasteiger charge is 2.51. The van der Waals surface area contributed by atoms with Gasteiger partial charge in [-0.2, -0.15) is 15.3 Å². The quantitative estimate of drug-likeness (QED) is 0.805. The van der Waals surface area contributed by atoms with Crippen molar-refractivity contribution in [1.29, 1.82) is 0 Å². The fraction of sp³-hybridized carbons (Fsp3) is 0.682. The third-order valence-corrected chi connectivity index (χ3v) is 6.25. The monoisotopic (exact) mass is 367 g/mol. The van der Waals surface area contributed by atoms with Crippen LogP contribution in [0.3, 0.4) is 0 Å². The van der Waals surface area contributed by atoms with Crippen LogP contribution in [0.5, 0.6) is 0 Å². The Labute approximate surface area is 163 Å². The van der Waals surface area contributed by atoms with Gasteiger partial charge < -0.3 is 4.90 Å². The Morgan fingerprint density at radius 3 is 2.44 bits per heavy atom. The van der Waals surface area contributed by atoms with E-state index in [2.05, 4.69) is 53.1 Å². The van der Waals surface area contributed by atoms with Gasteiger partial charge in [-0.05, 0) is 68.0 Å². The van der Waals surface area contributed by atoms with Crippen LogP contribution in [-0.4, -0.2) is 44.5 Å². The maximum Gasteiger partial charge on any atom is 0.0964 e. The first-order chi connectivity index (χ1) is 12.7. The van der Waals surface area contributed by atoms with Gasteiger partial charge in [0.25, 0.3) is 0 Å². The lowest BCUT2D eigenvalue weighted by Crippen LogP contribution is -2.62. The van der Waals surface area contributed by atoms with Crippen LogP contribution in [0.1, 0.15) is 51.4 Å². The van der Waals surface area contributed by atoms with E-state index >= 15 is 0 Å². The van der Waals surface area contributed by atoms with Crippen LogP contribution in [0, 0.1) is 23.7 Å². The van der Waals surface area contributed by atoms with E-state index in [0.29, 0.717) is 10.8 Å². The highest BCUT2D eigenvalue weighted by atomic mass is 15.3. The van der Waals surface area contributed by atoms with E-state index in [4.69, 9.17) is 0 Å². The summed E-state index contributed by atoms with van der Waals surface area (Å²) in [6.07, 6.45) is 7.11. The molecule has 146 valence electrons. The molecule has 0 atom stereocenters. The van der Waals surface area contributed by atoms with Crippen LogP contribution in [0.25, 0.3) is 11.3 Å². The zero-order valence-corrected chi connectivity index (χ0v) is 17.5. The summed E-state index contributed by atoms with van der Waals surface area (Å²) in [5.74, 6) is 0.787. The molecule has 1 saturated carbocycles. The standard InChI is InChI=1S/C22H33N5/c1-16-19(13-26(5)25-16)20-7-6-18(23-24-20)10-17-11-22(12-17)14-27(15-22)9-8-21(2,3)4/h6-7,13,17H,8-12,14-15H2,1-5H3. The Kier molecular flexibility index (Phi) is 4.61. The van der Waals surface area contributed by atoms with E-state index in [0.717, 1.165) is 35.0 Å². The summed E-state index contributed by atoms with van der Waals surface area (Å²) in [6, 6.07) is 4.24. The number of hydrogen-bond donors (Lipinski definition) is 0. The second-order valence-corrected chi connectivity index (χ2v) is 10.2. The molecule has 1 saturated heterocycles. The van der Waals surface area contributed by atoms with Crippen LogP contribution in [0.2, 0.25) is 0 Å². The van der Waals surface area contributed by atoms with Gasteiger partial charge in [-0.3, -0.25) is 4.68 Å². The van der Waals surface area contributed by atoms with E-state index in [1.165, 1.54) is 38.9 Å². The third kappa shape index (κ3) is 4.08. The maximum atomic E-state index is 4.49. The maximum absolute atomic E-state index is 4.49. The summed E-state index contributed by atoms with van der Waals surface area (Å²) in [6.45, 7) is 12.9. The first kappa shape index (κ1) is 18.6. The van der Waals surface area contributed by atoms with E-state index in [9.17, 15) is 0 Å². The second kappa shape index (κ2) is 6.69. The molecule has 0 aromatic carbocycles. The Morgan fingerprint density at radius 1 is 1.15 bits per heavy atom. The Morgan fingerprint density at radius 2 is 1.89 bits per heavy atom. The van der Waals surface area contributed by atoms with E-state index in [-0.39, 0.29) is 0 Å². The molecule has 4 rings (SSSR count). The predicted octanol–water partition coefficient (Wildman–Crippen LogP) is 3.88. The molecule has 0 amide bonds. The van der Waals surface area contributed by atoms with Gasteiger partial charge in [0, 0.05) is 31.9 Å². The largest absolute Gasteiger partial charge is 0.302 e. The summed E-state index contributed by atoms with van der Waals surface area (Å²) >= 11 is 0. The minimum Gasteiger partial charge on any atom is -0.302 e. The molecule has 2 fully saturated rings. The molecule has 1 aliphatic heterocycles. The lowest BCUT2D eigenvalue weighted by atomic mass is 9.56. The number of nitrogens with zero attached hydrogens (tertiary/aromatic N) is 5. The van der Waals surface area contributed by atoms with Crippen molar-refractivity contribution in [2.45, 2.75) is 53.4 Å². The van der Waals surface area contributed by atoms with Crippen molar-refractivity contribution < 1.29 is 0 Å². The van der Waals surface area contributed by atoms with E-state index in [1.807, 2.05) is 24.9 Å². The lowest BCUT2D eigenvalue weighted by molar-refractivity contribution is -0.0963. The van der Waals surface area contributed by atoms with Crippen molar-refractivity contribution in [3.63, 3.8) is 0 Å². The van der Waals surface area contributed by atoms with E-state index in [1.54, 1.807) is 0 Å². The van der Waals surface area contributed by atoms with Crippen LogP contribution in [0.15, 0.2) is 18.3 Å². The summed E-state index contributed by atoms with van der Waals surface area (Å²) < 4.78 is 1.83. The third-order valence-electron chi connectivity index (χ3n) is 6.25. The van der Waals surface area contributed by atoms with Gasteiger partial charge in [-0.15, -0.1) is 0 Å². The van der Waals surface area contributed by atoms with Crippen LogP contribution >= 0.6 is 0 Å². The molecule has 2 aromatic heterocycles. The first-order valence-corrected chi connectivity index (χ1v) is 10.3. The molecule has 2 aliphatic rings. The van der Waals surface area contributed by atoms with E-state index < -0.39 is 0 Å². The number of rotatable bonds is 5. The molecule has 27 heavy (non-hydrogen) atoms. The van der Waals surface area contributed by atoms with Gasteiger partial charge in [-0.25, -0.2) is 0 Å². The number of likely N-dealkylation sites (tertiary alicyclic amines) is 1. The predicted molar refractivity (Wildman–Crippen MR) is 108 cm³/mol. The Hall–Kier alpha value is -1.75. The molecule has 1 spiro atoms. The van der Waals surface area contributed by atoms with Crippen molar-refractivity contribution in [3.8, 4) is 11.3 Å². The molecular weight excluding hydrogens is 334 g/mol. The number of hydrogen-bond acceptors (Lipinski definition) is 4. The minimum atomic E-state index is 0.448. The zero-order chi connectivity index (χ0) is 19.2. The van der Waals surface area contributed by atoms with Crippen LogP contribution in [-0.2, 0) is 13.5 Å². The van der Waals surface area contributed by atoms with Crippen molar-refractivity contribution in [1.82, 2.24) is 24.9 Å². The lowest BCUT2D eigenvalue weighted by Gasteiger charge is -2.59. The smallest absolute Gasteiger partial charge is 0.0964 e. The average Bonchev–Trinajstić information content (AvgIpc) is 2.85. The molecule has 3 heterocycles. The van der Waals surface area contributed by atoms with Crippen LogP contribution < -0.4 is 0 Å². The molecule has 0 radical (unpaired) electrons. The van der Waals surface area contributed by atoms with Gasteiger partial charge in [0.05, 0.1) is 17.1 Å². The van der Waals surface area contributed by atoms with Crippen molar-refractivity contribution in [2.24, 2.45) is 23.8 Å². The average molecular weight is 368 g/mol. The Bertz CT molecular complexity index is 785. The fourth-order valence-electron chi connectivity index (χ4n) is 4.88. The summed E-state index contributed by atoms with van der Waals surface area (Å²) in [7, 11) is 1.94. The SMILES string of the molecule is Cc1nn(C)cc1-c1ccc(CC2CC3(C2)CN(CCC(C)(C)C)C3)nn1. The fourth-order valence-corrected chi connectivity index (χ4v) is 4.88. The number of aryl methyl sites for hydroxylation is 2. The molecule has 2 aromatic rings. The van der Waals surface area contributed by atoms with Gasteiger partial charge in [0.1, 0.15) is 0 Å². The summed E-state index contributed by atoms with van der Waals surface area (Å²) in [4.78, 5) is 2.65. The molecule has 5 nitrogen and oxygen atoms in total. The summed E-state index contributed by atoms with van der Waals surface area (Å²) in [5, 5.41) is 13.3. The molecule has 5 heteroatoms. The molecule has 0 bridgehead atoms. The zero-order valence-electron chi connectivity index (χ0n) is 17.5. The molecule has 0 N–H and O–H groups in total. The van der Waals surface area contributed by atoms with Crippen molar-refractivity contribution >= 4 is 0 Å². The molecule has 1 aliphatic carbocycles. The second-order valence-electron chi connectivity index (χ2n) is 10.2.